The summed E-state index contributed by atoms with van der Waals surface area (Å²) in [6.07, 6.45) is 8.18. The van der Waals surface area contributed by atoms with Gasteiger partial charge in [0.2, 0.25) is 0 Å². The third kappa shape index (κ3) is 2.89. The van der Waals surface area contributed by atoms with E-state index in [0.717, 1.165) is 6.54 Å². The van der Waals surface area contributed by atoms with Gasteiger partial charge in [0, 0.05) is 11.6 Å². The number of thiazole rings is 1. The van der Waals surface area contributed by atoms with Crippen LogP contribution >= 0.6 is 11.3 Å². The monoisotopic (exact) mass is 252 g/mol. The molecule has 1 saturated carbocycles. The van der Waals surface area contributed by atoms with E-state index in [1.54, 1.807) is 11.3 Å². The highest BCUT2D eigenvalue weighted by Gasteiger charge is 2.40. The molecule has 1 heterocycles. The minimum absolute atomic E-state index is 0.166. The Morgan fingerprint density at radius 1 is 1.29 bits per heavy atom. The average molecular weight is 252 g/mol. The van der Waals surface area contributed by atoms with Crippen molar-refractivity contribution >= 4 is 11.3 Å². The molecule has 2 rings (SSSR count). The van der Waals surface area contributed by atoms with Crippen molar-refractivity contribution in [1.29, 1.82) is 0 Å². The SMILES string of the molecule is CCCNC1(c2nccs2)CCC(C)(C)CC1. The number of hydrogen-bond acceptors (Lipinski definition) is 3. The van der Waals surface area contributed by atoms with Crippen LogP contribution in [0.1, 0.15) is 57.9 Å². The summed E-state index contributed by atoms with van der Waals surface area (Å²) in [5, 5.41) is 7.17. The molecule has 2 nitrogen and oxygen atoms in total. The largest absolute Gasteiger partial charge is 0.305 e. The highest BCUT2D eigenvalue weighted by atomic mass is 32.1. The minimum Gasteiger partial charge on any atom is -0.305 e. The maximum absolute atomic E-state index is 4.57. The Morgan fingerprint density at radius 2 is 2.00 bits per heavy atom. The van der Waals surface area contributed by atoms with Crippen LogP contribution in [0.5, 0.6) is 0 Å². The Bertz CT molecular complexity index is 333. The van der Waals surface area contributed by atoms with Gasteiger partial charge in [0.25, 0.3) is 0 Å². The molecular formula is C14H24N2S. The third-order valence-corrected chi connectivity index (χ3v) is 4.99. The molecule has 0 amide bonds. The van der Waals surface area contributed by atoms with Crippen molar-refractivity contribution < 1.29 is 0 Å². The van der Waals surface area contributed by atoms with Gasteiger partial charge in [0.15, 0.2) is 0 Å². The lowest BCUT2D eigenvalue weighted by molar-refractivity contribution is 0.134. The first kappa shape index (κ1) is 13.0. The van der Waals surface area contributed by atoms with Gasteiger partial charge in [0.1, 0.15) is 5.01 Å². The maximum atomic E-state index is 4.57. The van der Waals surface area contributed by atoms with E-state index in [-0.39, 0.29) is 5.54 Å². The molecule has 1 aliphatic carbocycles. The summed E-state index contributed by atoms with van der Waals surface area (Å²) in [5.41, 5.74) is 0.675. The second kappa shape index (κ2) is 5.07. The molecule has 0 saturated heterocycles. The van der Waals surface area contributed by atoms with Gasteiger partial charge in [-0.15, -0.1) is 11.3 Å². The van der Waals surface area contributed by atoms with Crippen LogP contribution in [0, 0.1) is 5.41 Å². The molecule has 3 heteroatoms. The zero-order valence-corrected chi connectivity index (χ0v) is 12.1. The van der Waals surface area contributed by atoms with Gasteiger partial charge in [-0.1, -0.05) is 20.8 Å². The fraction of sp³-hybridized carbons (Fsp3) is 0.786. The number of nitrogens with zero attached hydrogens (tertiary/aromatic N) is 1. The van der Waals surface area contributed by atoms with Gasteiger partial charge in [-0.25, -0.2) is 4.98 Å². The van der Waals surface area contributed by atoms with Crippen molar-refractivity contribution in [1.82, 2.24) is 10.3 Å². The Hall–Kier alpha value is -0.410. The molecule has 1 aromatic heterocycles. The Labute approximate surface area is 109 Å². The molecular weight excluding hydrogens is 228 g/mol. The predicted octanol–water partition coefficient (Wildman–Crippen LogP) is 3.94. The summed E-state index contributed by atoms with van der Waals surface area (Å²) in [5.74, 6) is 0. The fourth-order valence-electron chi connectivity index (χ4n) is 2.64. The summed E-state index contributed by atoms with van der Waals surface area (Å²) in [6, 6.07) is 0. The van der Waals surface area contributed by atoms with E-state index in [1.165, 1.54) is 37.1 Å². The molecule has 0 atom stereocenters. The Morgan fingerprint density at radius 3 is 2.53 bits per heavy atom. The molecule has 0 bridgehead atoms. The Kier molecular flexibility index (Phi) is 3.88. The van der Waals surface area contributed by atoms with Gasteiger partial charge in [-0.3, -0.25) is 0 Å². The minimum atomic E-state index is 0.166. The zero-order valence-electron chi connectivity index (χ0n) is 11.3. The number of aromatic nitrogens is 1. The standard InChI is InChI=1S/C14H24N2S/c1-4-9-16-14(12-15-10-11-17-12)7-5-13(2,3)6-8-14/h10-11,16H,4-9H2,1-3H3. The maximum Gasteiger partial charge on any atom is 0.113 e. The molecule has 0 spiro atoms. The van der Waals surface area contributed by atoms with Gasteiger partial charge in [-0.05, 0) is 44.1 Å². The molecule has 0 aromatic carbocycles. The van der Waals surface area contributed by atoms with Crippen LogP contribution in [0.2, 0.25) is 0 Å². The van der Waals surface area contributed by atoms with Crippen molar-refractivity contribution in [3.05, 3.63) is 16.6 Å². The summed E-state index contributed by atoms with van der Waals surface area (Å²) >= 11 is 1.81. The van der Waals surface area contributed by atoms with Crippen LogP contribution in [0.4, 0.5) is 0 Å². The molecule has 96 valence electrons. The van der Waals surface area contributed by atoms with Crippen LogP contribution in [0.25, 0.3) is 0 Å². The van der Waals surface area contributed by atoms with Crippen molar-refractivity contribution in [3.8, 4) is 0 Å². The molecule has 1 fully saturated rings. The van der Waals surface area contributed by atoms with E-state index < -0.39 is 0 Å². The lowest BCUT2D eigenvalue weighted by Crippen LogP contribution is -2.46. The van der Waals surface area contributed by atoms with E-state index in [9.17, 15) is 0 Å². The van der Waals surface area contributed by atoms with Crippen LogP contribution in [-0.4, -0.2) is 11.5 Å². The molecule has 0 aliphatic heterocycles. The average Bonchev–Trinajstić information content (AvgIpc) is 2.83. The van der Waals surface area contributed by atoms with Gasteiger partial charge in [0.05, 0.1) is 5.54 Å². The first-order chi connectivity index (χ1) is 8.08. The molecule has 1 aliphatic rings. The lowest BCUT2D eigenvalue weighted by atomic mass is 9.69. The van der Waals surface area contributed by atoms with E-state index in [4.69, 9.17) is 0 Å². The zero-order chi connectivity index (χ0) is 12.4. The number of nitrogens with one attached hydrogen (secondary N) is 1. The van der Waals surface area contributed by atoms with Crippen LogP contribution in [-0.2, 0) is 5.54 Å². The number of hydrogen-bond donors (Lipinski definition) is 1. The fourth-order valence-corrected chi connectivity index (χ4v) is 3.52. The lowest BCUT2D eigenvalue weighted by Gasteiger charge is -2.43. The van der Waals surface area contributed by atoms with Gasteiger partial charge in [-0.2, -0.15) is 0 Å². The highest BCUT2D eigenvalue weighted by molar-refractivity contribution is 7.09. The summed E-state index contributed by atoms with van der Waals surface area (Å²) in [6.45, 7) is 8.10. The third-order valence-electron chi connectivity index (χ3n) is 4.01. The normalized spacial score (nSPS) is 22.5. The van der Waals surface area contributed by atoms with Crippen LogP contribution in [0.15, 0.2) is 11.6 Å². The van der Waals surface area contributed by atoms with Gasteiger partial charge < -0.3 is 5.32 Å². The second-order valence-corrected chi connectivity index (χ2v) is 6.90. The van der Waals surface area contributed by atoms with Crippen molar-refractivity contribution in [2.45, 2.75) is 58.4 Å². The van der Waals surface area contributed by atoms with E-state index in [1.807, 2.05) is 6.20 Å². The number of rotatable bonds is 4. The van der Waals surface area contributed by atoms with E-state index >= 15 is 0 Å². The predicted molar refractivity (Wildman–Crippen MR) is 74.3 cm³/mol. The highest BCUT2D eigenvalue weighted by Crippen LogP contribution is 2.45. The topological polar surface area (TPSA) is 24.9 Å². The van der Waals surface area contributed by atoms with E-state index in [2.05, 4.69) is 36.5 Å². The van der Waals surface area contributed by atoms with Crippen LogP contribution < -0.4 is 5.32 Å². The molecule has 1 N–H and O–H groups in total. The van der Waals surface area contributed by atoms with E-state index in [0.29, 0.717) is 5.41 Å². The molecule has 0 unspecified atom stereocenters. The van der Waals surface area contributed by atoms with Crippen molar-refractivity contribution in [2.24, 2.45) is 5.41 Å². The first-order valence-corrected chi connectivity index (χ1v) is 7.61. The summed E-state index contributed by atoms with van der Waals surface area (Å²) in [7, 11) is 0. The summed E-state index contributed by atoms with van der Waals surface area (Å²) < 4.78 is 0. The van der Waals surface area contributed by atoms with Crippen LogP contribution in [0.3, 0.4) is 0 Å². The molecule has 17 heavy (non-hydrogen) atoms. The smallest absolute Gasteiger partial charge is 0.113 e. The Balaban J connectivity index is 2.15. The summed E-state index contributed by atoms with van der Waals surface area (Å²) in [4.78, 5) is 4.57. The quantitative estimate of drug-likeness (QED) is 0.878. The van der Waals surface area contributed by atoms with Gasteiger partial charge >= 0.3 is 0 Å². The molecule has 1 aromatic rings. The second-order valence-electron chi connectivity index (χ2n) is 6.01. The molecule has 0 radical (unpaired) electrons. The first-order valence-electron chi connectivity index (χ1n) is 6.73. The van der Waals surface area contributed by atoms with Crippen molar-refractivity contribution in [3.63, 3.8) is 0 Å². The van der Waals surface area contributed by atoms with Crippen molar-refractivity contribution in [2.75, 3.05) is 6.54 Å².